The summed E-state index contributed by atoms with van der Waals surface area (Å²) in [6.07, 6.45) is 0. The van der Waals surface area contributed by atoms with Crippen LogP contribution in [0.25, 0.3) is 0 Å². The van der Waals surface area contributed by atoms with Gasteiger partial charge in [0.1, 0.15) is 12.1 Å². The number of carbonyl (C=O) groups excluding carboxylic acids is 2. The maximum Gasteiger partial charge on any atom is 0.325 e. The molecule has 9 nitrogen and oxygen atoms in total. The highest BCUT2D eigenvalue weighted by Gasteiger charge is 2.24. The third-order valence-electron chi connectivity index (χ3n) is 4.42. The van der Waals surface area contributed by atoms with Gasteiger partial charge in [0, 0.05) is 46.3 Å². The van der Waals surface area contributed by atoms with Crippen LogP contribution in [-0.2, 0) is 19.1 Å². The zero-order chi connectivity index (χ0) is 19.9. The second kappa shape index (κ2) is 11.8. The summed E-state index contributed by atoms with van der Waals surface area (Å²) in [6.45, 7) is 11.7. The van der Waals surface area contributed by atoms with E-state index < -0.39 is 5.60 Å². The Balaban J connectivity index is 0.00000392. The molecular formula is C18H34IN5O4. The van der Waals surface area contributed by atoms with Gasteiger partial charge in [0.15, 0.2) is 5.96 Å². The molecule has 0 aromatic heterocycles. The fourth-order valence-electron chi connectivity index (χ4n) is 3.08. The summed E-state index contributed by atoms with van der Waals surface area (Å²) in [5.41, 5.74) is -0.499. The normalized spacial score (nSPS) is 19.1. The Morgan fingerprint density at radius 2 is 1.64 bits per heavy atom. The number of hydrogen-bond donors (Lipinski definition) is 1. The highest BCUT2D eigenvalue weighted by atomic mass is 127. The van der Waals surface area contributed by atoms with Crippen molar-refractivity contribution < 1.29 is 19.1 Å². The van der Waals surface area contributed by atoms with Crippen molar-refractivity contribution in [1.82, 2.24) is 20.0 Å². The minimum absolute atomic E-state index is 0. The Labute approximate surface area is 184 Å². The third kappa shape index (κ3) is 8.48. The third-order valence-corrected chi connectivity index (χ3v) is 4.42. The van der Waals surface area contributed by atoms with Crippen molar-refractivity contribution in [2.45, 2.75) is 26.4 Å². The topological polar surface area (TPSA) is 86.7 Å². The fourth-order valence-corrected chi connectivity index (χ4v) is 3.08. The zero-order valence-electron chi connectivity index (χ0n) is 17.4. The van der Waals surface area contributed by atoms with Crippen LogP contribution in [-0.4, -0.2) is 111 Å². The summed E-state index contributed by atoms with van der Waals surface area (Å²) in [4.78, 5) is 34.6. The van der Waals surface area contributed by atoms with Gasteiger partial charge in [0.2, 0.25) is 5.91 Å². The van der Waals surface area contributed by atoms with Gasteiger partial charge in [-0.3, -0.25) is 19.5 Å². The van der Waals surface area contributed by atoms with Crippen LogP contribution in [0.15, 0.2) is 4.99 Å². The largest absolute Gasteiger partial charge is 0.459 e. The molecule has 0 atom stereocenters. The van der Waals surface area contributed by atoms with Crippen LogP contribution in [0.4, 0.5) is 0 Å². The van der Waals surface area contributed by atoms with Crippen LogP contribution in [0.5, 0.6) is 0 Å². The van der Waals surface area contributed by atoms with Crippen LogP contribution in [0, 0.1) is 0 Å². The van der Waals surface area contributed by atoms with E-state index in [-0.39, 0.29) is 42.4 Å². The summed E-state index contributed by atoms with van der Waals surface area (Å²) < 4.78 is 10.6. The standard InChI is InChI=1S/C18H33N5O4.HI/c1-18(2,3)27-16(25)13-20-17(19-4)23-7-5-21(6-8-23)14-15(24)22-9-11-26-12-10-22;/h5-14H2,1-4H3,(H,19,20);1H. The molecule has 2 aliphatic rings. The van der Waals surface area contributed by atoms with Crippen LogP contribution < -0.4 is 5.32 Å². The van der Waals surface area contributed by atoms with E-state index >= 15 is 0 Å². The lowest BCUT2D eigenvalue weighted by Crippen LogP contribution is -2.55. The Kier molecular flexibility index (Phi) is 10.5. The van der Waals surface area contributed by atoms with Gasteiger partial charge in [0.25, 0.3) is 0 Å². The molecule has 1 N–H and O–H groups in total. The van der Waals surface area contributed by atoms with Crippen LogP contribution in [0.1, 0.15) is 20.8 Å². The van der Waals surface area contributed by atoms with Gasteiger partial charge in [0.05, 0.1) is 19.8 Å². The van der Waals surface area contributed by atoms with Crippen molar-refractivity contribution in [1.29, 1.82) is 0 Å². The Morgan fingerprint density at radius 1 is 1.04 bits per heavy atom. The minimum atomic E-state index is -0.499. The molecule has 2 aliphatic heterocycles. The number of ether oxygens (including phenoxy) is 2. The van der Waals surface area contributed by atoms with Crippen molar-refractivity contribution in [2.75, 3.05) is 72.6 Å². The predicted molar refractivity (Wildman–Crippen MR) is 118 cm³/mol. The quantitative estimate of drug-likeness (QED) is 0.246. The van der Waals surface area contributed by atoms with Gasteiger partial charge in [-0.05, 0) is 20.8 Å². The maximum atomic E-state index is 12.4. The molecule has 2 fully saturated rings. The lowest BCUT2D eigenvalue weighted by molar-refractivity contribution is -0.153. The molecule has 0 saturated carbocycles. The second-order valence-electron chi connectivity index (χ2n) is 7.74. The van der Waals surface area contributed by atoms with Gasteiger partial charge in [-0.15, -0.1) is 24.0 Å². The molecule has 2 heterocycles. The van der Waals surface area contributed by atoms with E-state index in [4.69, 9.17) is 9.47 Å². The molecule has 0 aromatic rings. The van der Waals surface area contributed by atoms with E-state index in [1.54, 1.807) is 7.05 Å². The Morgan fingerprint density at radius 3 is 2.18 bits per heavy atom. The average Bonchev–Trinajstić information content (AvgIpc) is 2.62. The molecule has 0 aliphatic carbocycles. The summed E-state index contributed by atoms with van der Waals surface area (Å²) in [7, 11) is 1.70. The molecule has 162 valence electrons. The molecule has 28 heavy (non-hydrogen) atoms. The predicted octanol–water partition coefficient (Wildman–Crippen LogP) is -0.00210. The van der Waals surface area contributed by atoms with Gasteiger partial charge >= 0.3 is 5.97 Å². The molecular weight excluding hydrogens is 477 g/mol. The maximum absolute atomic E-state index is 12.4. The number of amides is 1. The highest BCUT2D eigenvalue weighted by Crippen LogP contribution is 2.07. The van der Waals surface area contributed by atoms with Gasteiger partial charge in [-0.1, -0.05) is 0 Å². The number of piperazine rings is 1. The van der Waals surface area contributed by atoms with Crippen LogP contribution in [0.3, 0.4) is 0 Å². The minimum Gasteiger partial charge on any atom is -0.459 e. The van der Waals surface area contributed by atoms with Crippen LogP contribution >= 0.6 is 24.0 Å². The number of rotatable bonds is 4. The summed E-state index contributed by atoms with van der Waals surface area (Å²) in [5.74, 6) is 0.539. The van der Waals surface area contributed by atoms with Crippen molar-refractivity contribution in [2.24, 2.45) is 4.99 Å². The van der Waals surface area contributed by atoms with Crippen molar-refractivity contribution in [3.63, 3.8) is 0 Å². The number of morpholine rings is 1. The molecule has 1 amide bonds. The lowest BCUT2D eigenvalue weighted by atomic mass is 10.2. The van der Waals surface area contributed by atoms with E-state index in [1.165, 1.54) is 0 Å². The number of hydrogen-bond acceptors (Lipinski definition) is 6. The SMILES string of the molecule is CN=C(NCC(=O)OC(C)(C)C)N1CCN(CC(=O)N2CCOCC2)CC1.I. The first-order valence-corrected chi connectivity index (χ1v) is 9.54. The van der Waals surface area contributed by atoms with E-state index in [9.17, 15) is 9.59 Å². The smallest absolute Gasteiger partial charge is 0.325 e. The first-order valence-electron chi connectivity index (χ1n) is 9.54. The first-order chi connectivity index (χ1) is 12.8. The van der Waals surface area contributed by atoms with Crippen LogP contribution in [0.2, 0.25) is 0 Å². The first kappa shape index (κ1) is 24.9. The zero-order valence-corrected chi connectivity index (χ0v) is 19.7. The highest BCUT2D eigenvalue weighted by molar-refractivity contribution is 14.0. The number of nitrogens with zero attached hydrogens (tertiary/aromatic N) is 4. The molecule has 2 saturated heterocycles. The molecule has 0 spiro atoms. The van der Waals surface area contributed by atoms with Crippen molar-refractivity contribution >= 4 is 41.8 Å². The van der Waals surface area contributed by atoms with E-state index in [0.29, 0.717) is 38.8 Å². The Hall–Kier alpha value is -1.14. The van der Waals surface area contributed by atoms with Crippen molar-refractivity contribution in [3.8, 4) is 0 Å². The number of guanidine groups is 1. The number of nitrogens with one attached hydrogen (secondary N) is 1. The second-order valence-corrected chi connectivity index (χ2v) is 7.74. The fraction of sp³-hybridized carbons (Fsp3) is 0.833. The Bertz CT molecular complexity index is 539. The summed E-state index contributed by atoms with van der Waals surface area (Å²) >= 11 is 0. The average molecular weight is 511 g/mol. The number of aliphatic imine (C=N–C) groups is 1. The van der Waals surface area contributed by atoms with Gasteiger partial charge in [-0.2, -0.15) is 0 Å². The summed E-state index contributed by atoms with van der Waals surface area (Å²) in [5, 5.41) is 3.06. The molecule has 0 bridgehead atoms. The van der Waals surface area contributed by atoms with Gasteiger partial charge in [-0.25, -0.2) is 0 Å². The summed E-state index contributed by atoms with van der Waals surface area (Å²) in [6, 6.07) is 0. The number of halogens is 1. The molecule has 0 aromatic carbocycles. The molecule has 10 heteroatoms. The molecule has 0 radical (unpaired) electrons. The monoisotopic (exact) mass is 511 g/mol. The van der Waals surface area contributed by atoms with E-state index in [2.05, 4.69) is 20.1 Å². The van der Waals surface area contributed by atoms with E-state index in [1.807, 2.05) is 25.7 Å². The van der Waals surface area contributed by atoms with E-state index in [0.717, 1.165) is 26.2 Å². The molecule has 2 rings (SSSR count). The lowest BCUT2D eigenvalue weighted by Gasteiger charge is -2.37. The van der Waals surface area contributed by atoms with Crippen molar-refractivity contribution in [3.05, 3.63) is 0 Å². The van der Waals surface area contributed by atoms with Gasteiger partial charge < -0.3 is 24.6 Å². The number of carbonyl (C=O) groups is 2. The number of esters is 1. The molecule has 0 unspecified atom stereocenters.